The molecular weight excluding hydrogens is 276 g/mol. The van der Waals surface area contributed by atoms with Crippen molar-refractivity contribution in [1.82, 2.24) is 9.97 Å². The summed E-state index contributed by atoms with van der Waals surface area (Å²) in [6.07, 6.45) is 0. The predicted octanol–water partition coefficient (Wildman–Crippen LogP) is 3.00. The van der Waals surface area contributed by atoms with Gasteiger partial charge in [-0.05, 0) is 12.8 Å². The second-order valence-corrected chi connectivity index (χ2v) is 5.54. The van der Waals surface area contributed by atoms with E-state index in [0.717, 1.165) is 23.6 Å². The van der Waals surface area contributed by atoms with E-state index in [4.69, 9.17) is 0 Å². The zero-order valence-electron chi connectivity index (χ0n) is 13.4. The normalized spacial score (nSPS) is 12.2. The third-order valence-electron chi connectivity index (χ3n) is 3.47. The molecule has 0 fully saturated rings. The maximum Gasteiger partial charge on any atom is 0.225 e. The molecule has 0 amide bonds. The van der Waals surface area contributed by atoms with Gasteiger partial charge in [-0.3, -0.25) is 0 Å². The lowest BCUT2D eigenvalue weighted by molar-refractivity contribution is 0.248. The fourth-order valence-corrected chi connectivity index (χ4v) is 2.13. The zero-order valence-corrected chi connectivity index (χ0v) is 13.4. The molecule has 2 rings (SSSR count). The number of nitrogens with zero attached hydrogens (tertiary/aromatic N) is 2. The highest BCUT2D eigenvalue weighted by molar-refractivity contribution is 5.64. The van der Waals surface area contributed by atoms with Crippen molar-refractivity contribution >= 4 is 11.8 Å². The van der Waals surface area contributed by atoms with Crippen LogP contribution in [0.15, 0.2) is 36.4 Å². The fourth-order valence-electron chi connectivity index (χ4n) is 2.13. The summed E-state index contributed by atoms with van der Waals surface area (Å²) < 4.78 is 0. The standard InChI is InChI=1S/C17H24N4O/c1-4-18-16-10-14(13-8-6-5-7-9-13)19-17(21-16)20-15(11-22)12(2)3/h5-10,12,15,22H,4,11H2,1-3H3,(H2,18,19,20,21)/t15-/m1/s1. The van der Waals surface area contributed by atoms with Crippen LogP contribution in [0.25, 0.3) is 11.3 Å². The molecule has 0 spiro atoms. The number of aliphatic hydroxyl groups excluding tert-OH is 1. The van der Waals surface area contributed by atoms with Crippen LogP contribution in [0.1, 0.15) is 20.8 Å². The Kier molecular flexibility index (Phi) is 5.72. The summed E-state index contributed by atoms with van der Waals surface area (Å²) in [5.41, 5.74) is 1.90. The Morgan fingerprint density at radius 3 is 2.45 bits per heavy atom. The smallest absolute Gasteiger partial charge is 0.225 e. The van der Waals surface area contributed by atoms with Crippen molar-refractivity contribution in [2.45, 2.75) is 26.8 Å². The molecule has 0 saturated carbocycles. The average Bonchev–Trinajstić information content (AvgIpc) is 2.53. The highest BCUT2D eigenvalue weighted by Gasteiger charge is 2.14. The van der Waals surface area contributed by atoms with E-state index in [0.29, 0.717) is 5.95 Å². The molecule has 5 heteroatoms. The predicted molar refractivity (Wildman–Crippen MR) is 91.0 cm³/mol. The van der Waals surface area contributed by atoms with Crippen molar-refractivity contribution in [3.8, 4) is 11.3 Å². The third-order valence-corrected chi connectivity index (χ3v) is 3.47. The van der Waals surface area contributed by atoms with Crippen molar-refractivity contribution in [1.29, 1.82) is 0 Å². The van der Waals surface area contributed by atoms with Crippen LogP contribution in [0.4, 0.5) is 11.8 Å². The molecule has 3 N–H and O–H groups in total. The maximum absolute atomic E-state index is 9.48. The van der Waals surface area contributed by atoms with E-state index >= 15 is 0 Å². The van der Waals surface area contributed by atoms with Gasteiger partial charge >= 0.3 is 0 Å². The van der Waals surface area contributed by atoms with Crippen molar-refractivity contribution in [2.75, 3.05) is 23.8 Å². The van der Waals surface area contributed by atoms with Gasteiger partial charge in [0, 0.05) is 18.2 Å². The van der Waals surface area contributed by atoms with E-state index < -0.39 is 0 Å². The molecule has 1 aromatic heterocycles. The Bertz CT molecular complexity index is 586. The summed E-state index contributed by atoms with van der Waals surface area (Å²) in [7, 11) is 0. The number of anilines is 2. The van der Waals surface area contributed by atoms with Gasteiger partial charge in [-0.25, -0.2) is 4.98 Å². The minimum Gasteiger partial charge on any atom is -0.394 e. The van der Waals surface area contributed by atoms with Gasteiger partial charge in [-0.15, -0.1) is 0 Å². The molecule has 5 nitrogen and oxygen atoms in total. The van der Waals surface area contributed by atoms with E-state index in [2.05, 4.69) is 34.4 Å². The van der Waals surface area contributed by atoms with Crippen LogP contribution in [0.3, 0.4) is 0 Å². The van der Waals surface area contributed by atoms with Crippen LogP contribution in [0.2, 0.25) is 0 Å². The van der Waals surface area contributed by atoms with Gasteiger partial charge in [0.1, 0.15) is 5.82 Å². The Hall–Kier alpha value is -2.14. The fraction of sp³-hybridized carbons (Fsp3) is 0.412. The number of aromatic nitrogens is 2. The second kappa shape index (κ2) is 7.75. The molecular formula is C17H24N4O. The Morgan fingerprint density at radius 1 is 1.14 bits per heavy atom. The monoisotopic (exact) mass is 300 g/mol. The van der Waals surface area contributed by atoms with E-state index in [1.807, 2.05) is 43.3 Å². The molecule has 2 aromatic rings. The highest BCUT2D eigenvalue weighted by Crippen LogP contribution is 2.22. The topological polar surface area (TPSA) is 70.1 Å². The lowest BCUT2D eigenvalue weighted by Crippen LogP contribution is -2.30. The number of aliphatic hydroxyl groups is 1. The van der Waals surface area contributed by atoms with Gasteiger partial charge in [-0.1, -0.05) is 44.2 Å². The number of benzene rings is 1. The molecule has 0 bridgehead atoms. The summed E-state index contributed by atoms with van der Waals surface area (Å²) in [5, 5.41) is 15.9. The van der Waals surface area contributed by atoms with Crippen LogP contribution in [0, 0.1) is 5.92 Å². The van der Waals surface area contributed by atoms with Crippen molar-refractivity contribution in [2.24, 2.45) is 5.92 Å². The first-order valence-electron chi connectivity index (χ1n) is 7.69. The Labute approximate surface area is 131 Å². The maximum atomic E-state index is 9.48. The number of nitrogens with one attached hydrogen (secondary N) is 2. The van der Waals surface area contributed by atoms with E-state index in [1.165, 1.54) is 0 Å². The second-order valence-electron chi connectivity index (χ2n) is 5.54. The Balaban J connectivity index is 2.35. The summed E-state index contributed by atoms with van der Waals surface area (Å²) in [4.78, 5) is 9.06. The number of rotatable bonds is 7. The average molecular weight is 300 g/mol. The molecule has 0 saturated heterocycles. The lowest BCUT2D eigenvalue weighted by Gasteiger charge is -2.20. The van der Waals surface area contributed by atoms with Crippen molar-refractivity contribution in [3.05, 3.63) is 36.4 Å². The summed E-state index contributed by atoms with van der Waals surface area (Å²) in [6.45, 7) is 6.98. The molecule has 0 aliphatic carbocycles. The largest absolute Gasteiger partial charge is 0.394 e. The quantitative estimate of drug-likeness (QED) is 0.733. The van der Waals surface area contributed by atoms with E-state index in [9.17, 15) is 5.11 Å². The van der Waals surface area contributed by atoms with Crippen molar-refractivity contribution in [3.63, 3.8) is 0 Å². The molecule has 1 atom stereocenters. The van der Waals surface area contributed by atoms with Gasteiger partial charge in [-0.2, -0.15) is 4.98 Å². The number of hydrogen-bond donors (Lipinski definition) is 3. The zero-order chi connectivity index (χ0) is 15.9. The van der Waals surface area contributed by atoms with Gasteiger partial charge in [0.25, 0.3) is 0 Å². The first-order chi connectivity index (χ1) is 10.6. The van der Waals surface area contributed by atoms with Crippen LogP contribution >= 0.6 is 0 Å². The lowest BCUT2D eigenvalue weighted by atomic mass is 10.1. The van der Waals surface area contributed by atoms with Gasteiger partial charge in [0.15, 0.2) is 0 Å². The summed E-state index contributed by atoms with van der Waals surface area (Å²) in [6, 6.07) is 11.9. The molecule has 118 valence electrons. The molecule has 22 heavy (non-hydrogen) atoms. The molecule has 1 aromatic carbocycles. The first kappa shape index (κ1) is 16.2. The third kappa shape index (κ3) is 4.18. The van der Waals surface area contributed by atoms with Gasteiger partial charge in [0.2, 0.25) is 5.95 Å². The molecule has 0 radical (unpaired) electrons. The minimum atomic E-state index is -0.0690. The van der Waals surface area contributed by atoms with Crippen LogP contribution < -0.4 is 10.6 Å². The highest BCUT2D eigenvalue weighted by atomic mass is 16.3. The summed E-state index contributed by atoms with van der Waals surface area (Å²) in [5.74, 6) is 1.60. The number of hydrogen-bond acceptors (Lipinski definition) is 5. The van der Waals surface area contributed by atoms with Crippen molar-refractivity contribution < 1.29 is 5.11 Å². The molecule has 1 heterocycles. The van der Waals surface area contributed by atoms with E-state index in [-0.39, 0.29) is 18.6 Å². The Morgan fingerprint density at radius 2 is 1.86 bits per heavy atom. The molecule has 0 unspecified atom stereocenters. The molecule has 0 aliphatic rings. The minimum absolute atomic E-state index is 0.0487. The van der Waals surface area contributed by atoms with Crippen LogP contribution in [0.5, 0.6) is 0 Å². The summed E-state index contributed by atoms with van der Waals surface area (Å²) >= 11 is 0. The first-order valence-corrected chi connectivity index (χ1v) is 7.69. The molecule has 0 aliphatic heterocycles. The van der Waals surface area contributed by atoms with Crippen LogP contribution in [-0.2, 0) is 0 Å². The SMILES string of the molecule is CCNc1cc(-c2ccccc2)nc(N[C@H](CO)C(C)C)n1. The van der Waals surface area contributed by atoms with Gasteiger partial charge in [0.05, 0.1) is 18.3 Å². The van der Waals surface area contributed by atoms with Crippen LogP contribution in [-0.4, -0.2) is 34.3 Å². The van der Waals surface area contributed by atoms with Gasteiger partial charge < -0.3 is 15.7 Å². The van der Waals surface area contributed by atoms with E-state index in [1.54, 1.807) is 0 Å².